The minimum atomic E-state index is -0.125. The zero-order valence-electron chi connectivity index (χ0n) is 12.1. The van der Waals surface area contributed by atoms with Crippen molar-refractivity contribution in [3.63, 3.8) is 0 Å². The molecule has 0 aliphatic heterocycles. The van der Waals surface area contributed by atoms with E-state index in [0.29, 0.717) is 6.42 Å². The van der Waals surface area contributed by atoms with Crippen LogP contribution in [0.1, 0.15) is 39.8 Å². The highest BCUT2D eigenvalue weighted by Gasteiger charge is 2.19. The number of benzene rings is 1. The fourth-order valence-corrected chi connectivity index (χ4v) is 4.73. The van der Waals surface area contributed by atoms with Crippen LogP contribution >= 0.6 is 27.3 Å². The van der Waals surface area contributed by atoms with Crippen LogP contribution in [0.5, 0.6) is 0 Å². The Balaban J connectivity index is 1.84. The number of rotatable bonds is 4. The van der Waals surface area contributed by atoms with Crippen molar-refractivity contribution in [1.82, 2.24) is 5.32 Å². The van der Waals surface area contributed by atoms with E-state index in [9.17, 15) is 4.39 Å². The summed E-state index contributed by atoms with van der Waals surface area (Å²) in [6, 6.07) is 7.68. The lowest BCUT2D eigenvalue weighted by molar-refractivity contribution is 0.559. The van der Waals surface area contributed by atoms with Gasteiger partial charge in [0.15, 0.2) is 0 Å². The third-order valence-electron chi connectivity index (χ3n) is 4.14. The Morgan fingerprint density at radius 1 is 1.29 bits per heavy atom. The zero-order valence-corrected chi connectivity index (χ0v) is 14.5. The van der Waals surface area contributed by atoms with E-state index < -0.39 is 0 Å². The predicted molar refractivity (Wildman–Crippen MR) is 90.6 cm³/mol. The van der Waals surface area contributed by atoms with Gasteiger partial charge in [0, 0.05) is 20.3 Å². The van der Waals surface area contributed by atoms with Gasteiger partial charge < -0.3 is 5.32 Å². The van der Waals surface area contributed by atoms with E-state index in [-0.39, 0.29) is 11.9 Å². The van der Waals surface area contributed by atoms with Gasteiger partial charge in [0.05, 0.1) is 0 Å². The van der Waals surface area contributed by atoms with E-state index in [1.807, 2.05) is 24.5 Å². The Hall–Kier alpha value is -0.710. The van der Waals surface area contributed by atoms with Crippen molar-refractivity contribution in [2.24, 2.45) is 0 Å². The van der Waals surface area contributed by atoms with E-state index in [1.54, 1.807) is 6.07 Å². The van der Waals surface area contributed by atoms with Crippen LogP contribution in [-0.2, 0) is 19.3 Å². The molecular weight excluding hydrogens is 349 g/mol. The van der Waals surface area contributed by atoms with Crippen LogP contribution < -0.4 is 5.32 Å². The number of hydrogen-bond acceptors (Lipinski definition) is 2. The number of aryl methyl sites for hydroxylation is 2. The standard InChI is InChI=1S/C17H19BrFNS/c1-20-15(9-12-8-13(18)6-7-14(12)19)17-10-11-4-2-3-5-16(11)21-17/h6-8,10,15,20H,2-5,9H2,1H3. The fraction of sp³-hybridized carbons (Fsp3) is 0.412. The highest BCUT2D eigenvalue weighted by Crippen LogP contribution is 2.34. The molecular formula is C17H19BrFNS. The second-order valence-electron chi connectivity index (χ2n) is 5.59. The maximum atomic E-state index is 14.0. The lowest BCUT2D eigenvalue weighted by atomic mass is 9.98. The summed E-state index contributed by atoms with van der Waals surface area (Å²) in [5.41, 5.74) is 2.27. The molecule has 0 amide bonds. The van der Waals surface area contributed by atoms with E-state index in [2.05, 4.69) is 27.3 Å². The number of hydrogen-bond donors (Lipinski definition) is 1. The van der Waals surface area contributed by atoms with Gasteiger partial charge in [-0.1, -0.05) is 15.9 Å². The zero-order chi connectivity index (χ0) is 14.8. The van der Waals surface area contributed by atoms with E-state index in [0.717, 1.165) is 10.0 Å². The maximum Gasteiger partial charge on any atom is 0.126 e. The summed E-state index contributed by atoms with van der Waals surface area (Å²) in [6.45, 7) is 0. The molecule has 21 heavy (non-hydrogen) atoms. The van der Waals surface area contributed by atoms with Crippen molar-refractivity contribution in [3.05, 3.63) is 55.4 Å². The molecule has 1 aromatic carbocycles. The molecule has 1 aromatic heterocycles. The third kappa shape index (κ3) is 3.38. The maximum absolute atomic E-state index is 14.0. The molecule has 1 nitrogen and oxygen atoms in total. The van der Waals surface area contributed by atoms with Gasteiger partial charge in [0.25, 0.3) is 0 Å². The Morgan fingerprint density at radius 3 is 2.86 bits per heavy atom. The summed E-state index contributed by atoms with van der Waals surface area (Å²) in [7, 11) is 1.96. The molecule has 0 saturated carbocycles. The second kappa shape index (κ2) is 6.59. The molecule has 3 rings (SSSR count). The molecule has 4 heteroatoms. The van der Waals surface area contributed by atoms with Crippen LogP contribution in [0.2, 0.25) is 0 Å². The molecule has 0 spiro atoms. The van der Waals surface area contributed by atoms with Crippen LogP contribution in [0.4, 0.5) is 4.39 Å². The minimum absolute atomic E-state index is 0.125. The van der Waals surface area contributed by atoms with Crippen LogP contribution in [0.15, 0.2) is 28.7 Å². The first-order chi connectivity index (χ1) is 10.2. The van der Waals surface area contributed by atoms with Gasteiger partial charge in [-0.25, -0.2) is 4.39 Å². The lowest BCUT2D eigenvalue weighted by Crippen LogP contribution is -2.18. The number of thiophene rings is 1. The van der Waals surface area contributed by atoms with Crippen molar-refractivity contribution >= 4 is 27.3 Å². The number of fused-ring (bicyclic) bond motifs is 1. The van der Waals surface area contributed by atoms with Crippen LogP contribution in [0.3, 0.4) is 0 Å². The topological polar surface area (TPSA) is 12.0 Å². The molecule has 0 radical (unpaired) electrons. The molecule has 1 N–H and O–H groups in total. The molecule has 0 fully saturated rings. The van der Waals surface area contributed by atoms with Gasteiger partial charge in [-0.3, -0.25) is 0 Å². The summed E-state index contributed by atoms with van der Waals surface area (Å²) in [5.74, 6) is -0.125. The first kappa shape index (κ1) is 15.2. The van der Waals surface area contributed by atoms with E-state index in [1.165, 1.54) is 47.1 Å². The summed E-state index contributed by atoms with van der Waals surface area (Å²) in [4.78, 5) is 2.87. The van der Waals surface area contributed by atoms with Crippen molar-refractivity contribution in [1.29, 1.82) is 0 Å². The first-order valence-electron chi connectivity index (χ1n) is 7.40. The average Bonchev–Trinajstić information content (AvgIpc) is 2.91. The van der Waals surface area contributed by atoms with Gasteiger partial charge in [-0.15, -0.1) is 11.3 Å². The molecule has 112 valence electrons. The molecule has 1 heterocycles. The number of likely N-dealkylation sites (N-methyl/N-ethyl adjacent to an activating group) is 1. The molecule has 2 aromatic rings. The SMILES string of the molecule is CNC(Cc1cc(Br)ccc1F)c1cc2c(s1)CCCC2. The summed E-state index contributed by atoms with van der Waals surface area (Å²) in [6.07, 6.45) is 5.70. The van der Waals surface area contributed by atoms with Crippen molar-refractivity contribution in [3.8, 4) is 0 Å². The quantitative estimate of drug-likeness (QED) is 0.798. The third-order valence-corrected chi connectivity index (χ3v) is 5.98. The number of nitrogens with one attached hydrogen (secondary N) is 1. The summed E-state index contributed by atoms with van der Waals surface area (Å²) < 4.78 is 14.9. The van der Waals surface area contributed by atoms with Gasteiger partial charge >= 0.3 is 0 Å². The molecule has 1 aliphatic rings. The normalized spacial score (nSPS) is 15.8. The molecule has 0 saturated heterocycles. The summed E-state index contributed by atoms with van der Waals surface area (Å²) in [5, 5.41) is 3.35. The number of halogens is 2. The van der Waals surface area contributed by atoms with Crippen molar-refractivity contribution in [2.45, 2.75) is 38.1 Å². The second-order valence-corrected chi connectivity index (χ2v) is 7.67. The largest absolute Gasteiger partial charge is 0.312 e. The minimum Gasteiger partial charge on any atom is -0.312 e. The lowest BCUT2D eigenvalue weighted by Gasteiger charge is -2.15. The van der Waals surface area contributed by atoms with Gasteiger partial charge in [-0.05, 0) is 74.5 Å². The monoisotopic (exact) mass is 367 g/mol. The summed E-state index contributed by atoms with van der Waals surface area (Å²) >= 11 is 5.33. The Bertz CT molecular complexity index is 614. The van der Waals surface area contributed by atoms with Crippen LogP contribution in [0.25, 0.3) is 0 Å². The first-order valence-corrected chi connectivity index (χ1v) is 9.01. The van der Waals surface area contributed by atoms with Crippen LogP contribution in [-0.4, -0.2) is 7.05 Å². The van der Waals surface area contributed by atoms with Crippen molar-refractivity contribution < 1.29 is 4.39 Å². The van der Waals surface area contributed by atoms with Gasteiger partial charge in [0.1, 0.15) is 5.82 Å². The predicted octanol–water partition coefficient (Wildman–Crippen LogP) is 5.03. The van der Waals surface area contributed by atoms with Crippen molar-refractivity contribution in [2.75, 3.05) is 7.05 Å². The van der Waals surface area contributed by atoms with E-state index >= 15 is 0 Å². The molecule has 1 atom stereocenters. The molecule has 0 bridgehead atoms. The fourth-order valence-electron chi connectivity index (χ4n) is 2.95. The Kier molecular flexibility index (Phi) is 4.77. The average molecular weight is 368 g/mol. The molecule has 1 aliphatic carbocycles. The Labute approximate surface area is 137 Å². The van der Waals surface area contributed by atoms with E-state index in [4.69, 9.17) is 0 Å². The highest BCUT2D eigenvalue weighted by molar-refractivity contribution is 9.10. The van der Waals surface area contributed by atoms with Crippen LogP contribution in [0, 0.1) is 5.82 Å². The Morgan fingerprint density at radius 2 is 2.10 bits per heavy atom. The molecule has 1 unspecified atom stereocenters. The van der Waals surface area contributed by atoms with Gasteiger partial charge in [0.2, 0.25) is 0 Å². The smallest absolute Gasteiger partial charge is 0.126 e. The van der Waals surface area contributed by atoms with Gasteiger partial charge in [-0.2, -0.15) is 0 Å². The highest BCUT2D eigenvalue weighted by atomic mass is 79.9.